The van der Waals surface area contributed by atoms with E-state index in [4.69, 9.17) is 0 Å². The highest BCUT2D eigenvalue weighted by molar-refractivity contribution is 8.00. The van der Waals surface area contributed by atoms with Crippen LogP contribution in [0.2, 0.25) is 0 Å². The third-order valence-electron chi connectivity index (χ3n) is 3.84. The molecule has 112 valence electrons. The summed E-state index contributed by atoms with van der Waals surface area (Å²) in [6, 6.07) is 4.70. The Morgan fingerprint density at radius 3 is 3.00 bits per heavy atom. The number of thiophene rings is 1. The molecule has 0 saturated carbocycles. The molecule has 2 rings (SSSR count). The van der Waals surface area contributed by atoms with Crippen LogP contribution in [0.5, 0.6) is 0 Å². The molecule has 0 aliphatic carbocycles. The number of amides is 1. The molecule has 2 unspecified atom stereocenters. The fraction of sp³-hybridized carbons (Fsp3) is 0.688. The number of thioether (sulfide) groups is 1. The quantitative estimate of drug-likeness (QED) is 0.713. The zero-order chi connectivity index (χ0) is 14.5. The van der Waals surface area contributed by atoms with Gasteiger partial charge in [-0.15, -0.1) is 23.1 Å². The maximum atomic E-state index is 12.6. The van der Waals surface area contributed by atoms with E-state index < -0.39 is 0 Å². The second kappa shape index (κ2) is 7.51. The molecule has 0 spiro atoms. The minimum atomic E-state index is 0.100. The Morgan fingerprint density at radius 1 is 1.55 bits per heavy atom. The summed E-state index contributed by atoms with van der Waals surface area (Å²) in [5.74, 6) is 1.43. The monoisotopic (exact) mass is 311 g/mol. The molecule has 2 nitrogen and oxygen atoms in total. The van der Waals surface area contributed by atoms with Crippen LogP contribution in [0.25, 0.3) is 0 Å². The van der Waals surface area contributed by atoms with Crippen LogP contribution in [0.1, 0.15) is 55.3 Å². The van der Waals surface area contributed by atoms with Gasteiger partial charge < -0.3 is 4.90 Å². The zero-order valence-electron chi connectivity index (χ0n) is 12.7. The Labute approximate surface area is 130 Å². The van der Waals surface area contributed by atoms with Crippen molar-refractivity contribution in [3.05, 3.63) is 21.9 Å². The van der Waals surface area contributed by atoms with E-state index >= 15 is 0 Å². The highest BCUT2D eigenvalue weighted by Gasteiger charge is 2.33. The van der Waals surface area contributed by atoms with Gasteiger partial charge in [0.05, 0.1) is 11.3 Å². The van der Waals surface area contributed by atoms with Crippen LogP contribution < -0.4 is 0 Å². The second-order valence-corrected chi connectivity index (χ2v) is 8.27. The van der Waals surface area contributed by atoms with Crippen LogP contribution in [0.4, 0.5) is 0 Å². The zero-order valence-corrected chi connectivity index (χ0v) is 14.4. The first-order valence-corrected chi connectivity index (χ1v) is 9.48. The summed E-state index contributed by atoms with van der Waals surface area (Å²) in [6.07, 6.45) is 4.67. The van der Waals surface area contributed by atoms with Crippen molar-refractivity contribution in [2.75, 3.05) is 12.3 Å². The van der Waals surface area contributed by atoms with Crippen LogP contribution in [0.15, 0.2) is 12.1 Å². The van der Waals surface area contributed by atoms with E-state index in [9.17, 15) is 4.79 Å². The Morgan fingerprint density at radius 2 is 2.35 bits per heavy atom. The van der Waals surface area contributed by atoms with Gasteiger partial charge >= 0.3 is 0 Å². The number of rotatable bonds is 6. The van der Waals surface area contributed by atoms with Crippen molar-refractivity contribution in [1.82, 2.24) is 4.90 Å². The molecule has 0 radical (unpaired) electrons. The highest BCUT2D eigenvalue weighted by atomic mass is 32.2. The summed E-state index contributed by atoms with van der Waals surface area (Å²) in [5.41, 5.74) is 0. The molecule has 1 saturated heterocycles. The Bertz CT molecular complexity index is 443. The van der Waals surface area contributed by atoms with Crippen molar-refractivity contribution in [2.24, 2.45) is 0 Å². The van der Waals surface area contributed by atoms with E-state index in [0.717, 1.165) is 25.1 Å². The highest BCUT2D eigenvalue weighted by Crippen LogP contribution is 2.36. The van der Waals surface area contributed by atoms with Crippen molar-refractivity contribution in [3.8, 4) is 0 Å². The summed E-state index contributed by atoms with van der Waals surface area (Å²) in [7, 11) is 0. The summed E-state index contributed by atoms with van der Waals surface area (Å²) >= 11 is 3.65. The van der Waals surface area contributed by atoms with Crippen molar-refractivity contribution in [1.29, 1.82) is 0 Å². The molecule has 2 atom stereocenters. The van der Waals surface area contributed by atoms with Gasteiger partial charge in [-0.2, -0.15) is 0 Å². The van der Waals surface area contributed by atoms with Gasteiger partial charge in [0.2, 0.25) is 5.91 Å². The smallest absolute Gasteiger partial charge is 0.235 e. The molecule has 20 heavy (non-hydrogen) atoms. The van der Waals surface area contributed by atoms with E-state index in [2.05, 4.69) is 37.8 Å². The fourth-order valence-electron chi connectivity index (χ4n) is 2.67. The average Bonchev–Trinajstić information content (AvgIpc) is 3.06. The molecule has 0 N–H and O–H groups in total. The predicted octanol–water partition coefficient (Wildman–Crippen LogP) is 4.64. The number of unbranched alkanes of at least 4 members (excludes halogenated alkanes) is 1. The van der Waals surface area contributed by atoms with Gasteiger partial charge in [0.25, 0.3) is 0 Å². The average molecular weight is 312 g/mol. The molecule has 0 bridgehead atoms. The number of carbonyl (C=O) groups excluding carboxylic acids is 1. The topological polar surface area (TPSA) is 20.3 Å². The van der Waals surface area contributed by atoms with E-state index in [1.54, 1.807) is 0 Å². The second-order valence-electron chi connectivity index (χ2n) is 5.50. The molecule has 1 fully saturated rings. The molecule has 4 heteroatoms. The Kier molecular flexibility index (Phi) is 5.97. The number of hydrogen-bond donors (Lipinski definition) is 0. The summed E-state index contributed by atoms with van der Waals surface area (Å²) in [5, 5.41) is 0.100. The maximum absolute atomic E-state index is 12.6. The van der Waals surface area contributed by atoms with Gasteiger partial charge in [-0.1, -0.05) is 13.3 Å². The molecule has 1 aliphatic rings. The lowest BCUT2D eigenvalue weighted by molar-refractivity contribution is -0.131. The number of likely N-dealkylation sites (tertiary alicyclic amines) is 1. The van der Waals surface area contributed by atoms with Crippen molar-refractivity contribution in [2.45, 2.75) is 57.7 Å². The van der Waals surface area contributed by atoms with Crippen molar-refractivity contribution in [3.63, 3.8) is 0 Å². The summed E-state index contributed by atoms with van der Waals surface area (Å²) in [6.45, 7) is 7.33. The molecule has 1 aliphatic heterocycles. The largest absolute Gasteiger partial charge is 0.334 e. The number of aryl methyl sites for hydroxylation is 1. The van der Waals surface area contributed by atoms with Crippen molar-refractivity contribution >= 4 is 29.0 Å². The minimum absolute atomic E-state index is 0.100. The molecule has 1 aromatic rings. The first kappa shape index (κ1) is 15.9. The minimum Gasteiger partial charge on any atom is -0.334 e. The molecule has 0 aromatic carbocycles. The lowest BCUT2D eigenvalue weighted by atomic mass is 10.2. The Balaban J connectivity index is 1.97. The molecule has 1 aromatic heterocycles. The predicted molar refractivity (Wildman–Crippen MR) is 89.6 cm³/mol. The van der Waals surface area contributed by atoms with Crippen LogP contribution >= 0.6 is 23.1 Å². The van der Waals surface area contributed by atoms with Crippen LogP contribution in [0, 0.1) is 6.92 Å². The van der Waals surface area contributed by atoms with E-state index in [-0.39, 0.29) is 5.25 Å². The third-order valence-corrected chi connectivity index (χ3v) is 6.17. The number of carbonyl (C=O) groups is 1. The van der Waals surface area contributed by atoms with Crippen LogP contribution in [-0.4, -0.2) is 28.4 Å². The van der Waals surface area contributed by atoms with Gasteiger partial charge in [0.1, 0.15) is 0 Å². The standard InChI is InChI=1S/C16H25NOS2/c1-4-5-11-19-13(3)16(18)17-10-6-7-14(17)15-9-8-12(2)20-15/h8-9,13-14H,4-7,10-11H2,1-3H3. The van der Waals surface area contributed by atoms with Crippen LogP contribution in [0.3, 0.4) is 0 Å². The first-order valence-electron chi connectivity index (χ1n) is 7.62. The molecular formula is C16H25NOS2. The van der Waals surface area contributed by atoms with Crippen molar-refractivity contribution < 1.29 is 4.79 Å². The van der Waals surface area contributed by atoms with Gasteiger partial charge in [0, 0.05) is 16.3 Å². The number of nitrogens with zero attached hydrogens (tertiary/aromatic N) is 1. The van der Waals surface area contributed by atoms with Gasteiger partial charge in [-0.3, -0.25) is 4.79 Å². The van der Waals surface area contributed by atoms with Gasteiger partial charge in [0.15, 0.2) is 0 Å². The van der Waals surface area contributed by atoms with E-state index in [1.165, 1.54) is 22.6 Å². The first-order chi connectivity index (χ1) is 9.63. The maximum Gasteiger partial charge on any atom is 0.235 e. The number of hydrogen-bond acceptors (Lipinski definition) is 3. The molecule has 2 heterocycles. The normalized spacial score (nSPS) is 20.4. The summed E-state index contributed by atoms with van der Waals surface area (Å²) in [4.78, 5) is 17.5. The van der Waals surface area contributed by atoms with E-state index in [0.29, 0.717) is 11.9 Å². The van der Waals surface area contributed by atoms with Gasteiger partial charge in [-0.05, 0) is 51.0 Å². The van der Waals surface area contributed by atoms with Crippen LogP contribution in [-0.2, 0) is 4.79 Å². The molecule has 1 amide bonds. The molecular weight excluding hydrogens is 286 g/mol. The van der Waals surface area contributed by atoms with Gasteiger partial charge in [-0.25, -0.2) is 0 Å². The SMILES string of the molecule is CCCCSC(C)C(=O)N1CCCC1c1ccc(C)s1. The van der Waals surface area contributed by atoms with E-state index in [1.807, 2.05) is 23.1 Å². The lowest BCUT2D eigenvalue weighted by Crippen LogP contribution is -2.36. The fourth-order valence-corrected chi connectivity index (χ4v) is 4.78. The summed E-state index contributed by atoms with van der Waals surface area (Å²) < 4.78 is 0. The lowest BCUT2D eigenvalue weighted by Gasteiger charge is -2.26. The Hall–Kier alpha value is -0.480. The third kappa shape index (κ3) is 3.79.